The van der Waals surface area contributed by atoms with E-state index in [2.05, 4.69) is 4.98 Å². The number of carboxylic acid groups (broad SMARTS) is 1. The molecule has 4 heteroatoms. The second-order valence-electron chi connectivity index (χ2n) is 4.40. The monoisotopic (exact) mass is 283 g/mol. The Hall–Kier alpha value is -2.39. The minimum atomic E-state index is -0.970. The lowest BCUT2D eigenvalue weighted by Gasteiger charge is -2.10. The first-order valence-electron chi connectivity index (χ1n) is 6.03. The normalized spacial score (nSPS) is 10.7. The van der Waals surface area contributed by atoms with Crippen molar-refractivity contribution in [3.63, 3.8) is 0 Å². The summed E-state index contributed by atoms with van der Waals surface area (Å²) in [6.45, 7) is 0. The number of benzene rings is 2. The van der Waals surface area contributed by atoms with Crippen molar-refractivity contribution in [1.82, 2.24) is 4.98 Å². The van der Waals surface area contributed by atoms with Gasteiger partial charge in [-0.2, -0.15) is 0 Å². The van der Waals surface area contributed by atoms with Crippen molar-refractivity contribution < 1.29 is 9.90 Å². The minimum Gasteiger partial charge on any atom is -0.478 e. The summed E-state index contributed by atoms with van der Waals surface area (Å²) < 4.78 is 0. The van der Waals surface area contributed by atoms with Crippen LogP contribution < -0.4 is 0 Å². The average Bonchev–Trinajstić information content (AvgIpc) is 2.46. The van der Waals surface area contributed by atoms with E-state index in [0.717, 1.165) is 16.3 Å². The number of nitrogens with zero attached hydrogens (tertiary/aromatic N) is 1. The lowest BCUT2D eigenvalue weighted by molar-refractivity contribution is 0.0698. The maximum Gasteiger partial charge on any atom is 0.336 e. The van der Waals surface area contributed by atoms with Crippen LogP contribution in [0, 0.1) is 0 Å². The van der Waals surface area contributed by atoms with Crippen LogP contribution in [0.15, 0.2) is 54.9 Å². The topological polar surface area (TPSA) is 50.2 Å². The van der Waals surface area contributed by atoms with Gasteiger partial charge < -0.3 is 5.11 Å². The van der Waals surface area contributed by atoms with Crippen LogP contribution in [0.5, 0.6) is 0 Å². The number of carboxylic acids is 1. The Morgan fingerprint density at radius 2 is 1.95 bits per heavy atom. The number of carbonyl (C=O) groups is 1. The molecule has 0 atom stereocenters. The van der Waals surface area contributed by atoms with Gasteiger partial charge in [0, 0.05) is 22.8 Å². The number of aromatic nitrogens is 1. The maximum atomic E-state index is 11.4. The molecular weight excluding hydrogens is 274 g/mol. The molecule has 0 bridgehead atoms. The van der Waals surface area contributed by atoms with Gasteiger partial charge in [-0.15, -0.1) is 0 Å². The molecule has 0 saturated heterocycles. The Morgan fingerprint density at radius 3 is 2.75 bits per heavy atom. The van der Waals surface area contributed by atoms with Crippen molar-refractivity contribution in [2.24, 2.45) is 0 Å². The highest BCUT2D eigenvalue weighted by atomic mass is 35.5. The van der Waals surface area contributed by atoms with Gasteiger partial charge >= 0.3 is 5.97 Å². The molecule has 1 N–H and O–H groups in total. The molecule has 0 aliphatic carbocycles. The summed E-state index contributed by atoms with van der Waals surface area (Å²) in [4.78, 5) is 15.5. The van der Waals surface area contributed by atoms with Crippen LogP contribution in [0.1, 0.15) is 10.4 Å². The SMILES string of the molecule is O=C(O)c1ccc(Cl)cc1-c1cccc2cnccc12. The van der Waals surface area contributed by atoms with E-state index in [9.17, 15) is 9.90 Å². The molecule has 0 saturated carbocycles. The highest BCUT2D eigenvalue weighted by molar-refractivity contribution is 6.31. The molecule has 2 aromatic carbocycles. The minimum absolute atomic E-state index is 0.235. The van der Waals surface area contributed by atoms with Crippen LogP contribution in [0.2, 0.25) is 5.02 Å². The van der Waals surface area contributed by atoms with E-state index in [1.807, 2.05) is 24.3 Å². The van der Waals surface area contributed by atoms with Gasteiger partial charge in [0.2, 0.25) is 0 Å². The molecule has 3 aromatic rings. The quantitative estimate of drug-likeness (QED) is 0.765. The number of hydrogen-bond acceptors (Lipinski definition) is 2. The molecule has 0 aliphatic rings. The first kappa shape index (κ1) is 12.6. The molecule has 0 radical (unpaired) electrons. The summed E-state index contributed by atoms with van der Waals surface area (Å²) in [6, 6.07) is 12.4. The standard InChI is InChI=1S/C16H10ClNO2/c17-11-4-5-14(16(19)20)15(8-11)13-3-1-2-10-9-18-7-6-12(10)13/h1-9H,(H,19,20). The predicted molar refractivity (Wildman–Crippen MR) is 79.1 cm³/mol. The number of pyridine rings is 1. The molecule has 0 aliphatic heterocycles. The van der Waals surface area contributed by atoms with Crippen LogP contribution in [-0.2, 0) is 0 Å². The van der Waals surface area contributed by atoms with Crippen LogP contribution in [0.25, 0.3) is 21.9 Å². The maximum absolute atomic E-state index is 11.4. The van der Waals surface area contributed by atoms with Gasteiger partial charge in [-0.25, -0.2) is 4.79 Å². The van der Waals surface area contributed by atoms with Crippen LogP contribution in [-0.4, -0.2) is 16.1 Å². The summed E-state index contributed by atoms with van der Waals surface area (Å²) in [5, 5.41) is 11.8. The van der Waals surface area contributed by atoms with Gasteiger partial charge in [-0.3, -0.25) is 4.98 Å². The fourth-order valence-electron chi connectivity index (χ4n) is 2.28. The van der Waals surface area contributed by atoms with Crippen molar-refractivity contribution in [2.45, 2.75) is 0 Å². The smallest absolute Gasteiger partial charge is 0.336 e. The summed E-state index contributed by atoms with van der Waals surface area (Å²) in [7, 11) is 0. The first-order chi connectivity index (χ1) is 9.66. The predicted octanol–water partition coefficient (Wildman–Crippen LogP) is 4.25. The third-order valence-corrected chi connectivity index (χ3v) is 3.42. The Bertz CT molecular complexity index is 809. The van der Waals surface area contributed by atoms with E-state index in [0.29, 0.717) is 10.6 Å². The number of rotatable bonds is 2. The molecule has 1 aromatic heterocycles. The molecular formula is C16H10ClNO2. The zero-order valence-electron chi connectivity index (χ0n) is 10.4. The van der Waals surface area contributed by atoms with E-state index >= 15 is 0 Å². The molecule has 3 rings (SSSR count). The number of halogens is 1. The van der Waals surface area contributed by atoms with Crippen LogP contribution in [0.4, 0.5) is 0 Å². The van der Waals surface area contributed by atoms with E-state index in [1.165, 1.54) is 6.07 Å². The molecule has 0 unspecified atom stereocenters. The molecule has 20 heavy (non-hydrogen) atoms. The summed E-state index contributed by atoms with van der Waals surface area (Å²) in [5.74, 6) is -0.970. The lowest BCUT2D eigenvalue weighted by Crippen LogP contribution is -1.99. The molecule has 1 heterocycles. The second kappa shape index (κ2) is 4.94. The molecule has 0 spiro atoms. The Morgan fingerprint density at radius 1 is 1.10 bits per heavy atom. The number of fused-ring (bicyclic) bond motifs is 1. The van der Waals surface area contributed by atoms with Crippen LogP contribution in [0.3, 0.4) is 0 Å². The van der Waals surface area contributed by atoms with Gasteiger partial charge in [0.25, 0.3) is 0 Å². The van der Waals surface area contributed by atoms with E-state index in [4.69, 9.17) is 11.6 Å². The van der Waals surface area contributed by atoms with Crippen LogP contribution >= 0.6 is 11.6 Å². The van der Waals surface area contributed by atoms with E-state index < -0.39 is 5.97 Å². The van der Waals surface area contributed by atoms with E-state index in [-0.39, 0.29) is 5.56 Å². The molecule has 3 nitrogen and oxygen atoms in total. The lowest BCUT2D eigenvalue weighted by atomic mass is 9.95. The number of aromatic carboxylic acids is 1. The largest absolute Gasteiger partial charge is 0.478 e. The summed E-state index contributed by atoms with van der Waals surface area (Å²) in [5.41, 5.74) is 1.69. The van der Waals surface area contributed by atoms with Crippen molar-refractivity contribution in [2.75, 3.05) is 0 Å². The molecule has 98 valence electrons. The Kier molecular flexibility index (Phi) is 3.12. The first-order valence-corrected chi connectivity index (χ1v) is 6.40. The molecule has 0 amide bonds. The Balaban J connectivity index is 2.36. The Labute approximate surface area is 120 Å². The third-order valence-electron chi connectivity index (χ3n) is 3.18. The fourth-order valence-corrected chi connectivity index (χ4v) is 2.46. The van der Waals surface area contributed by atoms with Crippen molar-refractivity contribution in [1.29, 1.82) is 0 Å². The van der Waals surface area contributed by atoms with Gasteiger partial charge in [-0.05, 0) is 40.8 Å². The van der Waals surface area contributed by atoms with Gasteiger partial charge in [0.1, 0.15) is 0 Å². The fraction of sp³-hybridized carbons (Fsp3) is 0. The second-order valence-corrected chi connectivity index (χ2v) is 4.83. The highest BCUT2D eigenvalue weighted by Crippen LogP contribution is 2.32. The molecule has 0 fully saturated rings. The number of hydrogen-bond donors (Lipinski definition) is 1. The highest BCUT2D eigenvalue weighted by Gasteiger charge is 2.14. The van der Waals surface area contributed by atoms with Gasteiger partial charge in [-0.1, -0.05) is 29.8 Å². The van der Waals surface area contributed by atoms with Crippen molar-refractivity contribution >= 4 is 28.3 Å². The van der Waals surface area contributed by atoms with E-state index in [1.54, 1.807) is 24.5 Å². The third kappa shape index (κ3) is 2.12. The zero-order chi connectivity index (χ0) is 14.1. The van der Waals surface area contributed by atoms with Gasteiger partial charge in [0.15, 0.2) is 0 Å². The zero-order valence-corrected chi connectivity index (χ0v) is 11.1. The van der Waals surface area contributed by atoms with Crippen molar-refractivity contribution in [3.05, 3.63) is 65.4 Å². The average molecular weight is 284 g/mol. The summed E-state index contributed by atoms with van der Waals surface area (Å²) in [6.07, 6.45) is 3.45. The van der Waals surface area contributed by atoms with Crippen molar-refractivity contribution in [3.8, 4) is 11.1 Å². The van der Waals surface area contributed by atoms with Gasteiger partial charge in [0.05, 0.1) is 5.56 Å². The summed E-state index contributed by atoms with van der Waals surface area (Å²) >= 11 is 6.02.